The van der Waals surface area contributed by atoms with E-state index in [-0.39, 0.29) is 17.7 Å². The minimum absolute atomic E-state index is 0.0509. The van der Waals surface area contributed by atoms with Crippen LogP contribution >= 0.6 is 0 Å². The Morgan fingerprint density at radius 2 is 1.67 bits per heavy atom. The van der Waals surface area contributed by atoms with Crippen molar-refractivity contribution in [1.29, 1.82) is 0 Å². The fourth-order valence-electron chi connectivity index (χ4n) is 3.97. The van der Waals surface area contributed by atoms with Crippen LogP contribution in [0, 0.1) is 5.92 Å². The zero-order chi connectivity index (χ0) is 23.6. The summed E-state index contributed by atoms with van der Waals surface area (Å²) in [5, 5.41) is 0. The number of carbonyl (C=O) groups is 2. The average Bonchev–Trinajstić information content (AvgIpc) is 2.86. The van der Waals surface area contributed by atoms with E-state index in [9.17, 15) is 9.59 Å². The monoisotopic (exact) mass is 449 g/mol. The van der Waals surface area contributed by atoms with Gasteiger partial charge < -0.3 is 14.5 Å². The molecule has 0 aliphatic carbocycles. The molecule has 6 nitrogen and oxygen atoms in total. The Bertz CT molecular complexity index is 935. The molecule has 0 bridgehead atoms. The van der Waals surface area contributed by atoms with Crippen LogP contribution in [-0.2, 0) is 4.79 Å². The van der Waals surface area contributed by atoms with Crippen molar-refractivity contribution in [2.45, 2.75) is 13.8 Å². The number of benzene rings is 2. The molecule has 0 radical (unpaired) electrons. The number of hydrogen-bond donors (Lipinski definition) is 0. The van der Waals surface area contributed by atoms with E-state index in [1.54, 1.807) is 7.11 Å². The van der Waals surface area contributed by atoms with Crippen molar-refractivity contribution in [3.8, 4) is 5.75 Å². The second-order valence-electron chi connectivity index (χ2n) is 8.58. The number of amides is 2. The summed E-state index contributed by atoms with van der Waals surface area (Å²) in [4.78, 5) is 31.6. The van der Waals surface area contributed by atoms with Crippen LogP contribution < -0.4 is 4.74 Å². The fourth-order valence-corrected chi connectivity index (χ4v) is 3.97. The molecule has 0 spiro atoms. The van der Waals surface area contributed by atoms with Crippen molar-refractivity contribution in [3.63, 3.8) is 0 Å². The lowest BCUT2D eigenvalue weighted by molar-refractivity contribution is -0.134. The third kappa shape index (κ3) is 6.93. The summed E-state index contributed by atoms with van der Waals surface area (Å²) in [5.41, 5.74) is 1.73. The Balaban J connectivity index is 1.52. The Morgan fingerprint density at radius 1 is 1.00 bits per heavy atom. The topological polar surface area (TPSA) is 53.1 Å². The van der Waals surface area contributed by atoms with Crippen LogP contribution in [0.4, 0.5) is 0 Å². The van der Waals surface area contributed by atoms with Gasteiger partial charge in [0, 0.05) is 62.9 Å². The predicted octanol–water partition coefficient (Wildman–Crippen LogP) is 3.65. The number of rotatable bonds is 9. The van der Waals surface area contributed by atoms with E-state index in [1.165, 1.54) is 0 Å². The van der Waals surface area contributed by atoms with Crippen molar-refractivity contribution in [2.24, 2.45) is 5.92 Å². The summed E-state index contributed by atoms with van der Waals surface area (Å²) in [6, 6.07) is 17.3. The minimum atomic E-state index is -0.0509. The van der Waals surface area contributed by atoms with Crippen molar-refractivity contribution < 1.29 is 14.3 Å². The van der Waals surface area contributed by atoms with Crippen LogP contribution in [0.1, 0.15) is 29.8 Å². The van der Waals surface area contributed by atoms with Crippen molar-refractivity contribution >= 4 is 17.9 Å². The highest BCUT2D eigenvalue weighted by Crippen LogP contribution is 2.18. The van der Waals surface area contributed by atoms with Gasteiger partial charge >= 0.3 is 0 Å². The zero-order valence-corrected chi connectivity index (χ0v) is 19.9. The van der Waals surface area contributed by atoms with Gasteiger partial charge in [-0.3, -0.25) is 14.5 Å². The van der Waals surface area contributed by atoms with E-state index in [1.807, 2.05) is 90.4 Å². The van der Waals surface area contributed by atoms with E-state index < -0.39 is 0 Å². The first-order chi connectivity index (χ1) is 16.0. The van der Waals surface area contributed by atoms with Gasteiger partial charge in [0.1, 0.15) is 5.75 Å². The maximum Gasteiger partial charge on any atom is 0.253 e. The molecule has 0 unspecified atom stereocenters. The molecule has 1 aliphatic rings. The quantitative estimate of drug-likeness (QED) is 0.586. The molecule has 6 heteroatoms. The highest BCUT2D eigenvalue weighted by atomic mass is 16.5. The van der Waals surface area contributed by atoms with Crippen LogP contribution in [0.3, 0.4) is 0 Å². The molecule has 1 aliphatic heterocycles. The lowest BCUT2D eigenvalue weighted by atomic mass is 10.1. The summed E-state index contributed by atoms with van der Waals surface area (Å²) in [6.07, 6.45) is 4.03. The van der Waals surface area contributed by atoms with Gasteiger partial charge in [-0.25, -0.2) is 0 Å². The number of para-hydroxylation sites is 1. The second-order valence-corrected chi connectivity index (χ2v) is 8.58. The first-order valence-electron chi connectivity index (χ1n) is 11.6. The maximum atomic E-state index is 12.8. The predicted molar refractivity (Wildman–Crippen MR) is 132 cm³/mol. The highest BCUT2D eigenvalue weighted by Gasteiger charge is 2.23. The molecule has 176 valence electrons. The number of ether oxygens (including phenoxy) is 1. The fraction of sp³-hybridized carbons (Fsp3) is 0.407. The number of methoxy groups -OCH3 is 1. The van der Waals surface area contributed by atoms with Gasteiger partial charge in [-0.05, 0) is 18.2 Å². The molecule has 2 aromatic rings. The average molecular weight is 450 g/mol. The summed E-state index contributed by atoms with van der Waals surface area (Å²) in [7, 11) is 1.66. The molecule has 2 aromatic carbocycles. The van der Waals surface area contributed by atoms with Gasteiger partial charge in [0.2, 0.25) is 5.91 Å². The molecule has 0 atom stereocenters. The Hall–Kier alpha value is -3.12. The van der Waals surface area contributed by atoms with Gasteiger partial charge in [-0.2, -0.15) is 0 Å². The molecule has 2 amide bonds. The van der Waals surface area contributed by atoms with Gasteiger partial charge in [0.15, 0.2) is 0 Å². The van der Waals surface area contributed by atoms with E-state index in [0.717, 1.165) is 36.5 Å². The molecule has 0 N–H and O–H groups in total. The Morgan fingerprint density at radius 3 is 2.33 bits per heavy atom. The first-order valence-corrected chi connectivity index (χ1v) is 11.6. The summed E-state index contributed by atoms with van der Waals surface area (Å²) in [6.45, 7) is 8.95. The van der Waals surface area contributed by atoms with E-state index in [2.05, 4.69) is 4.90 Å². The van der Waals surface area contributed by atoms with E-state index in [0.29, 0.717) is 26.2 Å². The number of piperazine rings is 1. The molecule has 1 saturated heterocycles. The third-order valence-electron chi connectivity index (χ3n) is 5.93. The zero-order valence-electron chi connectivity index (χ0n) is 19.9. The van der Waals surface area contributed by atoms with Gasteiger partial charge in [0.05, 0.1) is 7.11 Å². The summed E-state index contributed by atoms with van der Waals surface area (Å²) >= 11 is 0. The van der Waals surface area contributed by atoms with Gasteiger partial charge in [-0.1, -0.05) is 62.4 Å². The molecule has 1 fully saturated rings. The summed E-state index contributed by atoms with van der Waals surface area (Å²) < 4.78 is 5.40. The van der Waals surface area contributed by atoms with E-state index >= 15 is 0 Å². The largest absolute Gasteiger partial charge is 0.496 e. The van der Waals surface area contributed by atoms with Crippen LogP contribution in [0.25, 0.3) is 6.08 Å². The van der Waals surface area contributed by atoms with Crippen molar-refractivity contribution in [1.82, 2.24) is 14.7 Å². The number of nitrogens with zero attached hydrogens (tertiary/aromatic N) is 3. The Kier molecular flexibility index (Phi) is 9.07. The maximum absolute atomic E-state index is 12.8. The van der Waals surface area contributed by atoms with Gasteiger partial charge in [0.25, 0.3) is 5.91 Å². The molecule has 0 aromatic heterocycles. The SMILES string of the molecule is COc1ccccc1/C=C/CN(CCN1CCN(C(=O)c2ccccc2)CC1)C(=O)C(C)C. The summed E-state index contributed by atoms with van der Waals surface area (Å²) in [5.74, 6) is 1.01. The minimum Gasteiger partial charge on any atom is -0.496 e. The molecule has 33 heavy (non-hydrogen) atoms. The Labute approximate surface area is 197 Å². The smallest absolute Gasteiger partial charge is 0.253 e. The first kappa shape index (κ1) is 24.5. The van der Waals surface area contributed by atoms with Crippen LogP contribution in [0.2, 0.25) is 0 Å². The number of hydrogen-bond acceptors (Lipinski definition) is 4. The van der Waals surface area contributed by atoms with Crippen molar-refractivity contribution in [2.75, 3.05) is 52.9 Å². The highest BCUT2D eigenvalue weighted by molar-refractivity contribution is 5.94. The van der Waals surface area contributed by atoms with Crippen LogP contribution in [0.5, 0.6) is 5.75 Å². The lowest BCUT2D eigenvalue weighted by Crippen LogP contribution is -2.50. The van der Waals surface area contributed by atoms with Crippen LogP contribution in [0.15, 0.2) is 60.7 Å². The molecular weight excluding hydrogens is 414 g/mol. The lowest BCUT2D eigenvalue weighted by Gasteiger charge is -2.36. The molecular formula is C27H35N3O3. The second kappa shape index (κ2) is 12.2. The van der Waals surface area contributed by atoms with Crippen LogP contribution in [-0.4, -0.2) is 79.4 Å². The molecule has 1 heterocycles. The van der Waals surface area contributed by atoms with Gasteiger partial charge in [-0.15, -0.1) is 0 Å². The van der Waals surface area contributed by atoms with Crippen molar-refractivity contribution in [3.05, 3.63) is 71.8 Å². The third-order valence-corrected chi connectivity index (χ3v) is 5.93. The molecule has 3 rings (SSSR count). The standard InChI is InChI=1S/C27H35N3O3/c1-22(2)26(31)29(15-9-13-23-10-7-8-14-25(23)33-3)19-16-28-17-20-30(21-18-28)27(32)24-11-5-4-6-12-24/h4-14,22H,15-21H2,1-3H3/b13-9+. The molecule has 0 saturated carbocycles. The number of carbonyl (C=O) groups excluding carboxylic acids is 2. The normalized spacial score (nSPS) is 14.6. The van der Waals surface area contributed by atoms with E-state index in [4.69, 9.17) is 4.74 Å².